The maximum atomic E-state index is 9.69. The fraction of sp³-hybridized carbons (Fsp3) is 1.00. The van der Waals surface area contributed by atoms with Gasteiger partial charge < -0.3 is 10.0 Å². The van der Waals surface area contributed by atoms with Crippen LogP contribution >= 0.6 is 0 Å². The molecule has 0 unspecified atom stereocenters. The van der Waals surface area contributed by atoms with Crippen LogP contribution in [0.15, 0.2) is 0 Å². The summed E-state index contributed by atoms with van der Waals surface area (Å²) in [4.78, 5) is 2.44. The number of hydrogen-bond acceptors (Lipinski definition) is 2. The van der Waals surface area contributed by atoms with Gasteiger partial charge in [0.05, 0.1) is 6.10 Å². The molecule has 0 spiro atoms. The first-order chi connectivity index (χ1) is 5.77. The van der Waals surface area contributed by atoms with Crippen LogP contribution in [0, 0.1) is 5.92 Å². The van der Waals surface area contributed by atoms with Gasteiger partial charge in [-0.25, -0.2) is 0 Å². The van der Waals surface area contributed by atoms with Crippen molar-refractivity contribution in [2.24, 2.45) is 5.92 Å². The third-order valence-electron chi connectivity index (χ3n) is 2.88. The van der Waals surface area contributed by atoms with Gasteiger partial charge in [-0.15, -0.1) is 0 Å². The molecule has 2 nitrogen and oxygen atoms in total. The minimum atomic E-state index is -0.0345. The predicted octanol–water partition coefficient (Wildman–Crippen LogP) is 1.49. The first-order valence-electron chi connectivity index (χ1n) is 5.18. The normalized spacial score (nSPS) is 32.2. The standard InChI is InChI=1S/C10H21NO/c1-3-5-9-8-11(4-2)7-6-10(9)12/h9-10,12H,3-8H2,1-2H3/t9-,10-/m1/s1. The Balaban J connectivity index is 2.36. The molecule has 0 bridgehead atoms. The van der Waals surface area contributed by atoms with E-state index in [9.17, 15) is 5.11 Å². The Kier molecular flexibility index (Phi) is 4.02. The Labute approximate surface area is 75.6 Å². The van der Waals surface area contributed by atoms with E-state index in [0.717, 1.165) is 26.1 Å². The van der Waals surface area contributed by atoms with Crippen LogP contribution in [0.2, 0.25) is 0 Å². The number of rotatable bonds is 3. The van der Waals surface area contributed by atoms with E-state index in [4.69, 9.17) is 0 Å². The fourth-order valence-corrected chi connectivity index (χ4v) is 2.04. The summed E-state index contributed by atoms with van der Waals surface area (Å²) < 4.78 is 0. The molecule has 1 saturated heterocycles. The molecule has 0 aromatic heterocycles. The number of likely N-dealkylation sites (tertiary alicyclic amines) is 1. The summed E-state index contributed by atoms with van der Waals surface area (Å²) in [6, 6.07) is 0. The number of piperidine rings is 1. The van der Waals surface area contributed by atoms with Crippen molar-refractivity contribution >= 4 is 0 Å². The van der Waals surface area contributed by atoms with Crippen LogP contribution in [-0.4, -0.2) is 35.7 Å². The molecule has 0 radical (unpaired) electrons. The van der Waals surface area contributed by atoms with Crippen molar-refractivity contribution in [3.63, 3.8) is 0 Å². The summed E-state index contributed by atoms with van der Waals surface area (Å²) in [6.45, 7) is 7.70. The molecule has 1 N–H and O–H groups in total. The lowest BCUT2D eigenvalue weighted by Gasteiger charge is -2.35. The van der Waals surface area contributed by atoms with Gasteiger partial charge in [-0.3, -0.25) is 0 Å². The zero-order valence-corrected chi connectivity index (χ0v) is 8.29. The molecular weight excluding hydrogens is 150 g/mol. The number of nitrogens with zero attached hydrogens (tertiary/aromatic N) is 1. The smallest absolute Gasteiger partial charge is 0.0592 e. The van der Waals surface area contributed by atoms with E-state index in [2.05, 4.69) is 18.7 Å². The minimum Gasteiger partial charge on any atom is -0.393 e. The van der Waals surface area contributed by atoms with Gasteiger partial charge in [-0.05, 0) is 25.3 Å². The molecule has 1 aliphatic rings. The zero-order valence-electron chi connectivity index (χ0n) is 8.29. The van der Waals surface area contributed by atoms with Crippen LogP contribution in [0.3, 0.4) is 0 Å². The SMILES string of the molecule is CCC[C@@H]1CN(CC)CC[C@H]1O. The van der Waals surface area contributed by atoms with E-state index in [1.807, 2.05) is 0 Å². The molecule has 1 fully saturated rings. The van der Waals surface area contributed by atoms with Gasteiger partial charge in [0.1, 0.15) is 0 Å². The zero-order chi connectivity index (χ0) is 8.97. The lowest BCUT2D eigenvalue weighted by Crippen LogP contribution is -2.42. The molecule has 0 aromatic carbocycles. The maximum Gasteiger partial charge on any atom is 0.0592 e. The summed E-state index contributed by atoms with van der Waals surface area (Å²) in [6.07, 6.45) is 3.31. The van der Waals surface area contributed by atoms with Crippen molar-refractivity contribution in [3.8, 4) is 0 Å². The average molecular weight is 171 g/mol. The highest BCUT2D eigenvalue weighted by Gasteiger charge is 2.25. The van der Waals surface area contributed by atoms with Crippen molar-refractivity contribution in [1.29, 1.82) is 0 Å². The number of hydrogen-bond donors (Lipinski definition) is 1. The van der Waals surface area contributed by atoms with Gasteiger partial charge in [0, 0.05) is 13.1 Å². The van der Waals surface area contributed by atoms with Crippen molar-refractivity contribution in [1.82, 2.24) is 4.90 Å². The highest BCUT2D eigenvalue weighted by atomic mass is 16.3. The van der Waals surface area contributed by atoms with E-state index >= 15 is 0 Å². The van der Waals surface area contributed by atoms with E-state index < -0.39 is 0 Å². The molecule has 0 aliphatic carbocycles. The van der Waals surface area contributed by atoms with Crippen LogP contribution < -0.4 is 0 Å². The first-order valence-corrected chi connectivity index (χ1v) is 5.18. The van der Waals surface area contributed by atoms with E-state index in [-0.39, 0.29) is 6.10 Å². The summed E-state index contributed by atoms with van der Waals surface area (Å²) in [5, 5.41) is 9.69. The molecule has 0 amide bonds. The molecule has 2 atom stereocenters. The number of aliphatic hydroxyl groups excluding tert-OH is 1. The molecule has 1 aliphatic heterocycles. The molecule has 72 valence electrons. The summed E-state index contributed by atoms with van der Waals surface area (Å²) >= 11 is 0. The van der Waals surface area contributed by atoms with Gasteiger partial charge in [0.2, 0.25) is 0 Å². The van der Waals surface area contributed by atoms with Crippen LogP contribution in [0.5, 0.6) is 0 Å². The van der Waals surface area contributed by atoms with Crippen molar-refractivity contribution in [2.75, 3.05) is 19.6 Å². The fourth-order valence-electron chi connectivity index (χ4n) is 2.04. The van der Waals surface area contributed by atoms with Gasteiger partial charge in [-0.1, -0.05) is 20.3 Å². The van der Waals surface area contributed by atoms with Gasteiger partial charge >= 0.3 is 0 Å². The summed E-state index contributed by atoms with van der Waals surface area (Å²) in [5.74, 6) is 0.531. The topological polar surface area (TPSA) is 23.5 Å². The Morgan fingerprint density at radius 3 is 2.75 bits per heavy atom. The van der Waals surface area contributed by atoms with E-state index in [0.29, 0.717) is 5.92 Å². The Morgan fingerprint density at radius 2 is 2.17 bits per heavy atom. The molecule has 2 heteroatoms. The molecule has 0 saturated carbocycles. The Morgan fingerprint density at radius 1 is 1.42 bits per heavy atom. The van der Waals surface area contributed by atoms with Crippen LogP contribution in [0.1, 0.15) is 33.1 Å². The van der Waals surface area contributed by atoms with Gasteiger partial charge in [0.25, 0.3) is 0 Å². The second kappa shape index (κ2) is 4.83. The summed E-state index contributed by atoms with van der Waals surface area (Å²) in [7, 11) is 0. The van der Waals surface area contributed by atoms with Crippen LogP contribution in [0.4, 0.5) is 0 Å². The average Bonchev–Trinajstić information content (AvgIpc) is 2.09. The van der Waals surface area contributed by atoms with E-state index in [1.165, 1.54) is 12.8 Å². The minimum absolute atomic E-state index is 0.0345. The molecule has 1 heterocycles. The molecule has 0 aromatic rings. The maximum absolute atomic E-state index is 9.69. The van der Waals surface area contributed by atoms with Crippen LogP contribution in [0.25, 0.3) is 0 Å². The predicted molar refractivity (Wildman–Crippen MR) is 51.1 cm³/mol. The second-order valence-corrected chi connectivity index (χ2v) is 3.80. The van der Waals surface area contributed by atoms with Crippen molar-refractivity contribution < 1.29 is 5.11 Å². The van der Waals surface area contributed by atoms with Gasteiger partial charge in [0.15, 0.2) is 0 Å². The molecule has 1 rings (SSSR count). The van der Waals surface area contributed by atoms with Crippen molar-refractivity contribution in [3.05, 3.63) is 0 Å². The highest BCUT2D eigenvalue weighted by Crippen LogP contribution is 2.20. The Bertz CT molecular complexity index is 127. The van der Waals surface area contributed by atoms with Gasteiger partial charge in [-0.2, -0.15) is 0 Å². The number of aliphatic hydroxyl groups is 1. The summed E-state index contributed by atoms with van der Waals surface area (Å²) in [5.41, 5.74) is 0. The van der Waals surface area contributed by atoms with E-state index in [1.54, 1.807) is 0 Å². The monoisotopic (exact) mass is 171 g/mol. The lowest BCUT2D eigenvalue weighted by molar-refractivity contribution is 0.0247. The largest absolute Gasteiger partial charge is 0.393 e. The third kappa shape index (κ3) is 2.46. The second-order valence-electron chi connectivity index (χ2n) is 3.80. The third-order valence-corrected chi connectivity index (χ3v) is 2.88. The molecule has 12 heavy (non-hydrogen) atoms. The quantitative estimate of drug-likeness (QED) is 0.695. The highest BCUT2D eigenvalue weighted by molar-refractivity contribution is 4.78. The van der Waals surface area contributed by atoms with Crippen LogP contribution in [-0.2, 0) is 0 Å². The lowest BCUT2D eigenvalue weighted by atomic mass is 9.91. The van der Waals surface area contributed by atoms with Crippen molar-refractivity contribution in [2.45, 2.75) is 39.2 Å². The first kappa shape index (κ1) is 10.0. The Hall–Kier alpha value is -0.0800. The molecular formula is C10H21NO.